The third-order valence-corrected chi connectivity index (χ3v) is 1.89. The first-order chi connectivity index (χ1) is 7.08. The van der Waals surface area contributed by atoms with E-state index in [1.54, 1.807) is 12.1 Å². The topological polar surface area (TPSA) is 26.3 Å². The van der Waals surface area contributed by atoms with E-state index in [2.05, 4.69) is 0 Å². The maximum absolute atomic E-state index is 12.5. The van der Waals surface area contributed by atoms with Crippen LogP contribution in [-0.2, 0) is 16.1 Å². The highest BCUT2D eigenvalue weighted by atomic mass is 19.1. The summed E-state index contributed by atoms with van der Waals surface area (Å²) in [5.74, 6) is -0.202. The van der Waals surface area contributed by atoms with Crippen molar-refractivity contribution in [1.82, 2.24) is 0 Å². The molecule has 0 radical (unpaired) electrons. The van der Waals surface area contributed by atoms with Crippen LogP contribution in [0, 0.1) is 11.7 Å². The van der Waals surface area contributed by atoms with Gasteiger partial charge in [-0.15, -0.1) is 0 Å². The van der Waals surface area contributed by atoms with Crippen LogP contribution in [0.2, 0.25) is 0 Å². The molecule has 0 heterocycles. The molecule has 82 valence electrons. The summed E-state index contributed by atoms with van der Waals surface area (Å²) in [4.78, 5) is 11.2. The molecule has 2 nitrogen and oxygen atoms in total. The van der Waals surface area contributed by atoms with E-state index in [1.165, 1.54) is 12.1 Å². The minimum atomic E-state index is -0.285. The van der Waals surface area contributed by atoms with Crippen LogP contribution >= 0.6 is 0 Å². The molecule has 0 aliphatic rings. The average Bonchev–Trinajstić information content (AvgIpc) is 2.16. The summed E-state index contributed by atoms with van der Waals surface area (Å²) in [6.45, 7) is 4.13. The second-order valence-corrected chi connectivity index (χ2v) is 3.89. The molecule has 0 unspecified atom stereocenters. The van der Waals surface area contributed by atoms with Gasteiger partial charge >= 0.3 is 5.97 Å². The molecule has 0 saturated carbocycles. The molecule has 0 bridgehead atoms. The third kappa shape index (κ3) is 4.58. The Morgan fingerprint density at radius 3 is 2.47 bits per heavy atom. The van der Waals surface area contributed by atoms with Gasteiger partial charge in [0.05, 0.1) is 0 Å². The summed E-state index contributed by atoms with van der Waals surface area (Å²) in [5.41, 5.74) is 0.800. The molecule has 0 N–H and O–H groups in total. The van der Waals surface area contributed by atoms with Crippen LogP contribution in [0.25, 0.3) is 0 Å². The van der Waals surface area contributed by atoms with Crippen LogP contribution in [0.4, 0.5) is 4.39 Å². The third-order valence-electron chi connectivity index (χ3n) is 1.89. The number of esters is 1. The van der Waals surface area contributed by atoms with Crippen LogP contribution in [0.3, 0.4) is 0 Å². The molecule has 0 atom stereocenters. The number of rotatable bonds is 4. The van der Waals surface area contributed by atoms with E-state index in [4.69, 9.17) is 4.74 Å². The van der Waals surface area contributed by atoms with E-state index in [9.17, 15) is 9.18 Å². The van der Waals surface area contributed by atoms with E-state index < -0.39 is 0 Å². The van der Waals surface area contributed by atoms with Crippen molar-refractivity contribution in [1.29, 1.82) is 0 Å². The van der Waals surface area contributed by atoms with Gasteiger partial charge in [0.25, 0.3) is 0 Å². The molecule has 0 aliphatic carbocycles. The molecule has 0 saturated heterocycles. The fourth-order valence-corrected chi connectivity index (χ4v) is 1.14. The molecule has 0 aromatic heterocycles. The van der Waals surface area contributed by atoms with Gasteiger partial charge in [0.15, 0.2) is 0 Å². The number of ether oxygens (including phenoxy) is 1. The summed E-state index contributed by atoms with van der Waals surface area (Å²) in [6, 6.07) is 5.92. The van der Waals surface area contributed by atoms with Gasteiger partial charge in [-0.1, -0.05) is 26.0 Å². The number of halogens is 1. The average molecular weight is 210 g/mol. The molecule has 1 aromatic rings. The summed E-state index contributed by atoms with van der Waals surface area (Å²) in [6.07, 6.45) is 0.418. The van der Waals surface area contributed by atoms with Crippen molar-refractivity contribution in [2.45, 2.75) is 26.9 Å². The quantitative estimate of drug-likeness (QED) is 0.714. The van der Waals surface area contributed by atoms with Crippen molar-refractivity contribution in [3.63, 3.8) is 0 Å². The van der Waals surface area contributed by atoms with Gasteiger partial charge < -0.3 is 4.74 Å². The SMILES string of the molecule is CC(C)CC(=O)OCc1ccc(F)cc1. The molecule has 1 aromatic carbocycles. The van der Waals surface area contributed by atoms with E-state index in [-0.39, 0.29) is 18.4 Å². The van der Waals surface area contributed by atoms with Gasteiger partial charge in [-0.2, -0.15) is 0 Å². The minimum absolute atomic E-state index is 0.214. The number of carbonyl (C=O) groups excluding carboxylic acids is 1. The summed E-state index contributed by atoms with van der Waals surface area (Å²) in [5, 5.41) is 0. The lowest BCUT2D eigenvalue weighted by Gasteiger charge is -2.06. The number of carbonyl (C=O) groups is 1. The fraction of sp³-hybridized carbons (Fsp3) is 0.417. The summed E-state index contributed by atoms with van der Waals surface area (Å²) in [7, 11) is 0. The second kappa shape index (κ2) is 5.49. The molecule has 3 heteroatoms. The molecule has 15 heavy (non-hydrogen) atoms. The second-order valence-electron chi connectivity index (χ2n) is 3.89. The Bertz CT molecular complexity index is 317. The summed E-state index contributed by atoms with van der Waals surface area (Å²) < 4.78 is 17.6. The van der Waals surface area contributed by atoms with Crippen molar-refractivity contribution in [3.8, 4) is 0 Å². The largest absolute Gasteiger partial charge is 0.461 e. The monoisotopic (exact) mass is 210 g/mol. The van der Waals surface area contributed by atoms with Crippen molar-refractivity contribution < 1.29 is 13.9 Å². The predicted molar refractivity (Wildman–Crippen MR) is 55.7 cm³/mol. The van der Waals surface area contributed by atoms with Gasteiger partial charge in [0.2, 0.25) is 0 Å². The van der Waals surface area contributed by atoms with Gasteiger partial charge in [-0.25, -0.2) is 4.39 Å². The van der Waals surface area contributed by atoms with E-state index >= 15 is 0 Å². The minimum Gasteiger partial charge on any atom is -0.461 e. The Morgan fingerprint density at radius 2 is 1.93 bits per heavy atom. The maximum atomic E-state index is 12.5. The van der Waals surface area contributed by atoms with Crippen molar-refractivity contribution in [2.24, 2.45) is 5.92 Å². The normalized spacial score (nSPS) is 10.4. The lowest BCUT2D eigenvalue weighted by atomic mass is 10.1. The van der Waals surface area contributed by atoms with Gasteiger partial charge in [-0.05, 0) is 23.6 Å². The zero-order valence-corrected chi connectivity index (χ0v) is 9.00. The molecule has 0 aliphatic heterocycles. The molecule has 0 spiro atoms. The Morgan fingerprint density at radius 1 is 1.33 bits per heavy atom. The highest BCUT2D eigenvalue weighted by Crippen LogP contribution is 2.06. The highest BCUT2D eigenvalue weighted by molar-refractivity contribution is 5.69. The van der Waals surface area contributed by atoms with Crippen molar-refractivity contribution >= 4 is 5.97 Å². The molecule has 0 amide bonds. The summed E-state index contributed by atoms with van der Waals surface area (Å²) >= 11 is 0. The number of hydrogen-bond donors (Lipinski definition) is 0. The van der Waals surface area contributed by atoms with Crippen LogP contribution < -0.4 is 0 Å². The first-order valence-electron chi connectivity index (χ1n) is 4.98. The maximum Gasteiger partial charge on any atom is 0.306 e. The lowest BCUT2D eigenvalue weighted by Crippen LogP contribution is -2.07. The molecular weight excluding hydrogens is 195 g/mol. The first-order valence-corrected chi connectivity index (χ1v) is 4.98. The van der Waals surface area contributed by atoms with Gasteiger partial charge in [-0.3, -0.25) is 4.79 Å². The predicted octanol–water partition coefficient (Wildman–Crippen LogP) is 2.92. The van der Waals surface area contributed by atoms with E-state index in [0.29, 0.717) is 12.3 Å². The lowest BCUT2D eigenvalue weighted by molar-refractivity contribution is -0.145. The van der Waals surface area contributed by atoms with Crippen molar-refractivity contribution in [2.75, 3.05) is 0 Å². The standard InChI is InChI=1S/C12H15FO2/c1-9(2)7-12(14)15-8-10-3-5-11(13)6-4-10/h3-6,9H,7-8H2,1-2H3. The van der Waals surface area contributed by atoms with Gasteiger partial charge in [0, 0.05) is 6.42 Å². The zero-order valence-electron chi connectivity index (χ0n) is 9.00. The van der Waals surface area contributed by atoms with Gasteiger partial charge in [0.1, 0.15) is 12.4 Å². The molecular formula is C12H15FO2. The van der Waals surface area contributed by atoms with Crippen LogP contribution in [0.5, 0.6) is 0 Å². The Labute approximate surface area is 89.1 Å². The van der Waals surface area contributed by atoms with E-state index in [1.807, 2.05) is 13.8 Å². The van der Waals surface area contributed by atoms with Crippen LogP contribution in [0.15, 0.2) is 24.3 Å². The number of hydrogen-bond acceptors (Lipinski definition) is 2. The molecule has 1 rings (SSSR count). The first kappa shape index (κ1) is 11.7. The fourth-order valence-electron chi connectivity index (χ4n) is 1.14. The Balaban J connectivity index is 2.37. The Hall–Kier alpha value is -1.38. The van der Waals surface area contributed by atoms with Crippen molar-refractivity contribution in [3.05, 3.63) is 35.6 Å². The Kier molecular flexibility index (Phi) is 4.28. The van der Waals surface area contributed by atoms with E-state index in [0.717, 1.165) is 5.56 Å². The van der Waals surface area contributed by atoms with Crippen LogP contribution in [-0.4, -0.2) is 5.97 Å². The number of benzene rings is 1. The highest BCUT2D eigenvalue weighted by Gasteiger charge is 2.05. The van der Waals surface area contributed by atoms with Crippen LogP contribution in [0.1, 0.15) is 25.8 Å². The zero-order chi connectivity index (χ0) is 11.3. The molecule has 0 fully saturated rings. The smallest absolute Gasteiger partial charge is 0.306 e.